The predicted octanol–water partition coefficient (Wildman–Crippen LogP) is 5.81. The monoisotopic (exact) mass is 348 g/mol. The van der Waals surface area contributed by atoms with E-state index < -0.39 is 6.10 Å². The van der Waals surface area contributed by atoms with Gasteiger partial charge in [0.25, 0.3) is 0 Å². The summed E-state index contributed by atoms with van der Waals surface area (Å²) in [7, 11) is 0. The topological polar surface area (TPSA) is 29.5 Å². The molecule has 2 aromatic rings. The van der Waals surface area contributed by atoms with Crippen molar-refractivity contribution in [2.24, 2.45) is 0 Å². The minimum atomic E-state index is -0.563. The average molecular weight is 349 g/mol. The van der Waals surface area contributed by atoms with Crippen LogP contribution in [0.25, 0.3) is 0 Å². The summed E-state index contributed by atoms with van der Waals surface area (Å²) < 4.78 is 6.86. The molecule has 0 aliphatic carbocycles. The van der Waals surface area contributed by atoms with Crippen molar-refractivity contribution in [1.82, 2.24) is 0 Å². The summed E-state index contributed by atoms with van der Waals surface area (Å²) in [5.41, 5.74) is 2.10. The van der Waals surface area contributed by atoms with Crippen LogP contribution in [0.2, 0.25) is 0 Å². The molecule has 2 aromatic carbocycles. The van der Waals surface area contributed by atoms with Crippen LogP contribution in [0.1, 0.15) is 50.3 Å². The Labute approximate surface area is 134 Å². The van der Waals surface area contributed by atoms with Gasteiger partial charge in [-0.2, -0.15) is 0 Å². The molecule has 3 heteroatoms. The van der Waals surface area contributed by atoms with Crippen LogP contribution in [-0.2, 0) is 0 Å². The first kappa shape index (κ1) is 16.1. The Kier molecular flexibility index (Phi) is 5.43. The highest BCUT2D eigenvalue weighted by atomic mass is 79.9. The van der Waals surface area contributed by atoms with E-state index in [1.54, 1.807) is 6.92 Å². The fourth-order valence-electron chi connectivity index (χ4n) is 2.17. The van der Waals surface area contributed by atoms with Gasteiger partial charge >= 0.3 is 0 Å². The molecule has 0 spiro atoms. The summed E-state index contributed by atoms with van der Waals surface area (Å²) in [5.74, 6) is 2.01. The molecule has 2 nitrogen and oxygen atoms in total. The zero-order valence-corrected chi connectivity index (χ0v) is 14.2. The van der Waals surface area contributed by atoms with Gasteiger partial charge in [0.2, 0.25) is 0 Å². The molecular formula is C18H21BrO2. The lowest BCUT2D eigenvalue weighted by molar-refractivity contribution is 0.195. The molecule has 0 amide bonds. The molecule has 2 unspecified atom stereocenters. The van der Waals surface area contributed by atoms with Crippen molar-refractivity contribution in [2.75, 3.05) is 0 Å². The van der Waals surface area contributed by atoms with E-state index in [2.05, 4.69) is 41.9 Å². The molecule has 0 radical (unpaired) electrons. The summed E-state index contributed by atoms with van der Waals surface area (Å²) in [4.78, 5) is 0. The highest BCUT2D eigenvalue weighted by Gasteiger charge is 2.11. The van der Waals surface area contributed by atoms with Crippen molar-refractivity contribution >= 4 is 15.9 Å². The fourth-order valence-corrected chi connectivity index (χ4v) is 2.51. The van der Waals surface area contributed by atoms with Crippen LogP contribution in [0.4, 0.5) is 0 Å². The van der Waals surface area contributed by atoms with Crippen molar-refractivity contribution in [2.45, 2.75) is 39.2 Å². The van der Waals surface area contributed by atoms with Gasteiger partial charge in [-0.25, -0.2) is 0 Å². The Morgan fingerprint density at radius 2 is 1.76 bits per heavy atom. The van der Waals surface area contributed by atoms with Crippen LogP contribution in [0.3, 0.4) is 0 Å². The third kappa shape index (κ3) is 4.08. The van der Waals surface area contributed by atoms with E-state index in [-0.39, 0.29) is 0 Å². The first-order valence-corrected chi connectivity index (χ1v) is 8.06. The van der Waals surface area contributed by atoms with Crippen molar-refractivity contribution in [3.63, 3.8) is 0 Å². The summed E-state index contributed by atoms with van der Waals surface area (Å²) >= 11 is 3.44. The van der Waals surface area contributed by atoms with Gasteiger partial charge in [-0.1, -0.05) is 48.0 Å². The lowest BCUT2D eigenvalue weighted by Crippen LogP contribution is -1.96. The number of hydrogen-bond donors (Lipinski definition) is 1. The summed E-state index contributed by atoms with van der Waals surface area (Å²) in [6.45, 7) is 6.14. The molecule has 2 rings (SSSR count). The number of aliphatic hydroxyl groups excluding tert-OH is 1. The van der Waals surface area contributed by atoms with Crippen LogP contribution < -0.4 is 4.74 Å². The molecule has 0 bridgehead atoms. The molecule has 112 valence electrons. The Morgan fingerprint density at radius 1 is 1.10 bits per heavy atom. The van der Waals surface area contributed by atoms with E-state index in [0.717, 1.165) is 22.2 Å². The fraction of sp³-hybridized carbons (Fsp3) is 0.333. The summed E-state index contributed by atoms with van der Waals surface area (Å²) in [6.07, 6.45) is 0.561. The van der Waals surface area contributed by atoms with Gasteiger partial charge in [0, 0.05) is 10.0 Å². The largest absolute Gasteiger partial charge is 0.457 e. The third-order valence-electron chi connectivity index (χ3n) is 3.72. The van der Waals surface area contributed by atoms with Crippen molar-refractivity contribution in [3.8, 4) is 11.5 Å². The van der Waals surface area contributed by atoms with Gasteiger partial charge < -0.3 is 9.84 Å². The smallest absolute Gasteiger partial charge is 0.134 e. The van der Waals surface area contributed by atoms with E-state index in [9.17, 15) is 5.11 Å². The molecule has 1 N–H and O–H groups in total. The molecule has 0 fully saturated rings. The molecule has 2 atom stereocenters. The zero-order chi connectivity index (χ0) is 15.4. The van der Waals surface area contributed by atoms with Gasteiger partial charge in [-0.05, 0) is 49.1 Å². The second-order valence-electron chi connectivity index (χ2n) is 5.34. The third-order valence-corrected chi connectivity index (χ3v) is 4.21. The predicted molar refractivity (Wildman–Crippen MR) is 90.0 cm³/mol. The molecule has 0 heterocycles. The van der Waals surface area contributed by atoms with Crippen molar-refractivity contribution in [1.29, 1.82) is 0 Å². The average Bonchev–Trinajstić information content (AvgIpc) is 2.47. The SMILES string of the molecule is CCC(C)c1ccc(Oc2cc(Br)ccc2C(C)O)cc1. The molecule has 0 aromatic heterocycles. The van der Waals surface area contributed by atoms with Gasteiger partial charge in [-0.15, -0.1) is 0 Å². The number of ether oxygens (including phenoxy) is 1. The highest BCUT2D eigenvalue weighted by molar-refractivity contribution is 9.10. The lowest BCUT2D eigenvalue weighted by Gasteiger charge is -2.15. The van der Waals surface area contributed by atoms with Crippen LogP contribution in [0, 0.1) is 0 Å². The molecular weight excluding hydrogens is 328 g/mol. The first-order valence-electron chi connectivity index (χ1n) is 7.26. The standard InChI is InChI=1S/C18H21BrO2/c1-4-12(2)14-5-8-16(9-6-14)21-18-11-15(19)7-10-17(18)13(3)20/h5-13,20H,4H2,1-3H3. The van der Waals surface area contributed by atoms with Crippen LogP contribution in [0.5, 0.6) is 11.5 Å². The number of benzene rings is 2. The molecule has 0 saturated carbocycles. The van der Waals surface area contributed by atoms with Crippen LogP contribution >= 0.6 is 15.9 Å². The number of halogens is 1. The second kappa shape index (κ2) is 7.10. The minimum absolute atomic E-state index is 0.554. The van der Waals surface area contributed by atoms with E-state index in [4.69, 9.17) is 4.74 Å². The Bertz CT molecular complexity index is 591. The minimum Gasteiger partial charge on any atom is -0.457 e. The second-order valence-corrected chi connectivity index (χ2v) is 6.25. The van der Waals surface area contributed by atoms with Crippen LogP contribution in [0.15, 0.2) is 46.9 Å². The van der Waals surface area contributed by atoms with Gasteiger partial charge in [-0.3, -0.25) is 0 Å². The number of hydrogen-bond acceptors (Lipinski definition) is 2. The van der Waals surface area contributed by atoms with Crippen LogP contribution in [-0.4, -0.2) is 5.11 Å². The van der Waals surface area contributed by atoms with Crippen molar-refractivity contribution in [3.05, 3.63) is 58.1 Å². The number of aliphatic hydroxyl groups is 1. The quantitative estimate of drug-likeness (QED) is 0.738. The molecule has 0 aliphatic rings. The maximum atomic E-state index is 9.83. The van der Waals surface area contributed by atoms with Gasteiger partial charge in [0.05, 0.1) is 6.10 Å². The normalized spacial score (nSPS) is 13.8. The van der Waals surface area contributed by atoms with E-state index in [1.807, 2.05) is 30.3 Å². The lowest BCUT2D eigenvalue weighted by atomic mass is 9.99. The van der Waals surface area contributed by atoms with E-state index >= 15 is 0 Å². The maximum absolute atomic E-state index is 9.83. The van der Waals surface area contributed by atoms with Crippen molar-refractivity contribution < 1.29 is 9.84 Å². The van der Waals surface area contributed by atoms with E-state index in [1.165, 1.54) is 5.56 Å². The Hall–Kier alpha value is -1.32. The summed E-state index contributed by atoms with van der Waals surface area (Å²) in [5, 5.41) is 9.83. The maximum Gasteiger partial charge on any atom is 0.134 e. The Morgan fingerprint density at radius 3 is 2.33 bits per heavy atom. The summed E-state index contributed by atoms with van der Waals surface area (Å²) in [6, 6.07) is 13.8. The molecule has 21 heavy (non-hydrogen) atoms. The molecule has 0 saturated heterocycles. The van der Waals surface area contributed by atoms with Gasteiger partial charge in [0.15, 0.2) is 0 Å². The van der Waals surface area contributed by atoms with E-state index in [0.29, 0.717) is 11.7 Å². The zero-order valence-electron chi connectivity index (χ0n) is 12.6. The van der Waals surface area contributed by atoms with Gasteiger partial charge in [0.1, 0.15) is 11.5 Å². The molecule has 0 aliphatic heterocycles. The number of rotatable bonds is 5. The highest BCUT2D eigenvalue weighted by Crippen LogP contribution is 2.33. The first-order chi connectivity index (χ1) is 10.0. The Balaban J connectivity index is 2.24.